The van der Waals surface area contributed by atoms with Gasteiger partial charge in [-0.05, 0) is 55.0 Å². The fourth-order valence-corrected chi connectivity index (χ4v) is 5.48. The molecule has 0 saturated carbocycles. The second-order valence-electron chi connectivity index (χ2n) is 7.12. The lowest BCUT2D eigenvalue weighted by Gasteiger charge is -2.32. The third-order valence-electron chi connectivity index (χ3n) is 5.52. The molecule has 1 aromatic carbocycles. The number of pyridine rings is 1. The summed E-state index contributed by atoms with van der Waals surface area (Å²) in [5.74, 6) is 0.843. The minimum Gasteiger partial charge on any atom is -0.337 e. The highest BCUT2D eigenvalue weighted by atomic mass is 32.2. The van der Waals surface area contributed by atoms with Gasteiger partial charge >= 0.3 is 0 Å². The van der Waals surface area contributed by atoms with Gasteiger partial charge in [-0.1, -0.05) is 24.8 Å². The van der Waals surface area contributed by atoms with E-state index in [4.69, 9.17) is 4.99 Å². The van der Waals surface area contributed by atoms with E-state index in [-0.39, 0.29) is 17.9 Å². The summed E-state index contributed by atoms with van der Waals surface area (Å²) in [5, 5.41) is 1.11. The molecule has 0 unspecified atom stereocenters. The lowest BCUT2D eigenvalue weighted by Crippen LogP contribution is -2.36. The minimum absolute atomic E-state index is 0.0489. The van der Waals surface area contributed by atoms with Crippen LogP contribution in [-0.4, -0.2) is 31.4 Å². The Hall–Kier alpha value is -2.60. The van der Waals surface area contributed by atoms with E-state index in [0.717, 1.165) is 34.4 Å². The van der Waals surface area contributed by atoms with Crippen LogP contribution in [0.1, 0.15) is 36.8 Å². The molecule has 3 aromatic rings. The van der Waals surface area contributed by atoms with Crippen LogP contribution in [0.2, 0.25) is 0 Å². The average molecular weight is 393 g/mol. The molecule has 2 aromatic heterocycles. The van der Waals surface area contributed by atoms with Gasteiger partial charge in [0, 0.05) is 35.6 Å². The molecule has 0 spiro atoms. The molecule has 28 heavy (non-hydrogen) atoms. The first-order chi connectivity index (χ1) is 13.8. The van der Waals surface area contributed by atoms with Crippen molar-refractivity contribution in [2.45, 2.75) is 31.5 Å². The zero-order valence-electron chi connectivity index (χ0n) is 15.6. The summed E-state index contributed by atoms with van der Waals surface area (Å²) in [6.45, 7) is 2.23. The van der Waals surface area contributed by atoms with Gasteiger partial charge in [-0.2, -0.15) is 0 Å². The molecule has 4 nitrogen and oxygen atoms in total. The molecule has 1 fully saturated rings. The summed E-state index contributed by atoms with van der Waals surface area (Å²) in [6, 6.07) is 17.4. The average Bonchev–Trinajstić information content (AvgIpc) is 3.44. The zero-order valence-corrected chi connectivity index (χ0v) is 16.4. The predicted molar refractivity (Wildman–Crippen MR) is 111 cm³/mol. The van der Waals surface area contributed by atoms with Gasteiger partial charge in [0.1, 0.15) is 17.9 Å². The highest BCUT2D eigenvalue weighted by Gasteiger charge is 2.46. The van der Waals surface area contributed by atoms with Crippen LogP contribution in [-0.2, 0) is 0 Å². The molecular weight excluding hydrogens is 371 g/mol. The fourth-order valence-electron chi connectivity index (χ4n) is 4.14. The van der Waals surface area contributed by atoms with Crippen molar-refractivity contribution in [3.63, 3.8) is 0 Å². The van der Waals surface area contributed by atoms with Gasteiger partial charge in [-0.3, -0.25) is 9.98 Å². The summed E-state index contributed by atoms with van der Waals surface area (Å²) in [6.07, 6.45) is 4.95. The van der Waals surface area contributed by atoms with Gasteiger partial charge < -0.3 is 9.47 Å². The molecule has 0 bridgehead atoms. The number of amidine groups is 1. The number of halogens is 1. The summed E-state index contributed by atoms with van der Waals surface area (Å²) in [7, 11) is 0. The van der Waals surface area contributed by atoms with E-state index < -0.39 is 0 Å². The minimum atomic E-state index is -0.225. The summed E-state index contributed by atoms with van der Waals surface area (Å²) in [4.78, 5) is 12.2. The first kappa shape index (κ1) is 17.5. The van der Waals surface area contributed by atoms with Gasteiger partial charge in [0.25, 0.3) is 0 Å². The van der Waals surface area contributed by atoms with Crippen LogP contribution in [0.5, 0.6) is 0 Å². The molecule has 3 atom stereocenters. The third-order valence-corrected chi connectivity index (χ3v) is 6.64. The zero-order chi connectivity index (χ0) is 19.1. The summed E-state index contributed by atoms with van der Waals surface area (Å²) in [5.41, 5.74) is 3.09. The third kappa shape index (κ3) is 2.83. The Morgan fingerprint density at radius 1 is 1.11 bits per heavy atom. The van der Waals surface area contributed by atoms with Gasteiger partial charge in [-0.25, -0.2) is 4.39 Å². The molecule has 0 amide bonds. The quantitative estimate of drug-likeness (QED) is 0.627. The topological polar surface area (TPSA) is 33.4 Å². The van der Waals surface area contributed by atoms with Gasteiger partial charge in [-0.15, -0.1) is 0 Å². The van der Waals surface area contributed by atoms with Gasteiger partial charge in [0.05, 0.1) is 5.69 Å². The number of nitrogens with zero attached hydrogens (tertiary/aromatic N) is 4. The van der Waals surface area contributed by atoms with Crippen LogP contribution in [0, 0.1) is 5.82 Å². The Kier molecular flexibility index (Phi) is 4.43. The number of rotatable bonds is 4. The summed E-state index contributed by atoms with van der Waals surface area (Å²) < 4.78 is 15.6. The lowest BCUT2D eigenvalue weighted by molar-refractivity contribution is 0.249. The summed E-state index contributed by atoms with van der Waals surface area (Å²) >= 11 is 1.84. The number of hydrogen-bond donors (Lipinski definition) is 0. The van der Waals surface area contributed by atoms with E-state index >= 15 is 0 Å². The smallest absolute Gasteiger partial charge is 0.160 e. The maximum absolute atomic E-state index is 13.4. The molecule has 5 rings (SSSR count). The maximum atomic E-state index is 13.4. The molecule has 1 saturated heterocycles. The van der Waals surface area contributed by atoms with Crippen molar-refractivity contribution in [1.82, 2.24) is 14.5 Å². The second-order valence-corrected chi connectivity index (χ2v) is 8.10. The maximum Gasteiger partial charge on any atom is 0.160 e. The normalized spacial score (nSPS) is 23.7. The Morgan fingerprint density at radius 2 is 1.96 bits per heavy atom. The molecule has 2 aliphatic heterocycles. The highest BCUT2D eigenvalue weighted by Crippen LogP contribution is 2.48. The van der Waals surface area contributed by atoms with Crippen molar-refractivity contribution in [2.24, 2.45) is 4.99 Å². The van der Waals surface area contributed by atoms with Crippen molar-refractivity contribution < 1.29 is 4.39 Å². The van der Waals surface area contributed by atoms with Gasteiger partial charge in [0.2, 0.25) is 0 Å². The Morgan fingerprint density at radius 3 is 2.71 bits per heavy atom. The SMILES string of the molecule is CC[C@H]1CSC2=N[C@@H](c3ccccn3)[C@@H](c3cccn3-c3ccc(F)cc3)N21. The lowest BCUT2D eigenvalue weighted by atomic mass is 9.99. The molecule has 6 heteroatoms. The van der Waals surface area contributed by atoms with E-state index in [2.05, 4.69) is 39.6 Å². The Bertz CT molecular complexity index is 999. The first-order valence-corrected chi connectivity index (χ1v) is 10.6. The van der Waals surface area contributed by atoms with Crippen molar-refractivity contribution >= 4 is 16.9 Å². The number of aliphatic imine (C=N–C) groups is 1. The largest absolute Gasteiger partial charge is 0.337 e. The number of benzene rings is 1. The van der Waals surface area contributed by atoms with E-state index in [1.54, 1.807) is 0 Å². The van der Waals surface area contributed by atoms with E-state index in [1.165, 1.54) is 12.1 Å². The number of fused-ring (bicyclic) bond motifs is 1. The van der Waals surface area contributed by atoms with E-state index in [0.29, 0.717) is 6.04 Å². The van der Waals surface area contributed by atoms with Crippen molar-refractivity contribution in [3.05, 3.63) is 84.2 Å². The van der Waals surface area contributed by atoms with Crippen LogP contribution in [0.3, 0.4) is 0 Å². The van der Waals surface area contributed by atoms with E-state index in [1.807, 2.05) is 48.4 Å². The van der Waals surface area contributed by atoms with Gasteiger partial charge in [0.15, 0.2) is 5.17 Å². The molecule has 4 heterocycles. The molecule has 0 radical (unpaired) electrons. The Labute approximate surface area is 168 Å². The highest BCUT2D eigenvalue weighted by molar-refractivity contribution is 8.14. The Balaban J connectivity index is 1.62. The standard InChI is InChI=1S/C22H21FN4S/c1-2-16-14-28-22-25-20(18-6-3-4-12-24-18)21(27(16)22)19-7-5-13-26(19)17-10-8-15(23)9-11-17/h3-13,16,20-21H,2,14H2,1H3/t16-,20-,21+/m0/s1. The number of aromatic nitrogens is 2. The van der Waals surface area contributed by atoms with Crippen LogP contribution in [0.15, 0.2) is 72.0 Å². The van der Waals surface area contributed by atoms with Crippen molar-refractivity contribution in [1.29, 1.82) is 0 Å². The molecule has 0 N–H and O–H groups in total. The van der Waals surface area contributed by atoms with Crippen LogP contribution < -0.4 is 0 Å². The molecule has 2 aliphatic rings. The number of thioether (sulfide) groups is 1. The number of hydrogen-bond acceptors (Lipinski definition) is 4. The van der Waals surface area contributed by atoms with Crippen molar-refractivity contribution in [3.8, 4) is 5.69 Å². The van der Waals surface area contributed by atoms with Crippen LogP contribution >= 0.6 is 11.8 Å². The monoisotopic (exact) mass is 392 g/mol. The van der Waals surface area contributed by atoms with Crippen molar-refractivity contribution in [2.75, 3.05) is 5.75 Å². The van der Waals surface area contributed by atoms with Crippen LogP contribution in [0.25, 0.3) is 5.69 Å². The second kappa shape index (κ2) is 7.09. The molecule has 0 aliphatic carbocycles. The first-order valence-electron chi connectivity index (χ1n) is 9.59. The molecular formula is C22H21FN4S. The van der Waals surface area contributed by atoms with E-state index in [9.17, 15) is 4.39 Å². The predicted octanol–water partition coefficient (Wildman–Crippen LogP) is 4.99. The fraction of sp³-hybridized carbons (Fsp3) is 0.273. The van der Waals surface area contributed by atoms with Crippen LogP contribution in [0.4, 0.5) is 4.39 Å². The molecule has 142 valence electrons.